The predicted molar refractivity (Wildman–Crippen MR) is 331 cm³/mol. The summed E-state index contributed by atoms with van der Waals surface area (Å²) in [6.07, 6.45) is 11.6. The van der Waals surface area contributed by atoms with E-state index < -0.39 is 59.9 Å². The number of halogens is 3. The molecule has 0 spiro atoms. The molecular weight excluding hydrogens is 1240 g/mol. The molecule has 91 heavy (non-hydrogen) atoms. The second kappa shape index (κ2) is 41.0. The van der Waals surface area contributed by atoms with Gasteiger partial charge in [-0.2, -0.15) is 23.1 Å². The van der Waals surface area contributed by atoms with E-state index in [1.807, 2.05) is 65.5 Å². The molecule has 2 fully saturated rings. The van der Waals surface area contributed by atoms with E-state index in [0.717, 1.165) is 63.6 Å². The van der Waals surface area contributed by atoms with Crippen molar-refractivity contribution in [3.8, 4) is 36.2 Å². The van der Waals surface area contributed by atoms with Crippen LogP contribution in [0.3, 0.4) is 0 Å². The van der Waals surface area contributed by atoms with Crippen LogP contribution in [0.4, 0.5) is 57.7 Å². The van der Waals surface area contributed by atoms with Gasteiger partial charge in [0.2, 0.25) is 11.9 Å². The Labute approximate surface area is 618 Å². The van der Waals surface area contributed by atoms with Crippen molar-refractivity contribution in [1.29, 1.82) is 0 Å². The van der Waals surface area contributed by atoms with Gasteiger partial charge in [0.15, 0.2) is 11.6 Å². The quantitative estimate of drug-likeness (QED) is 0.0240. The zero-order valence-electron chi connectivity index (χ0n) is 54.5. The number of rotatable bonds is 23. The minimum Gasteiger partial charge on any atom is -1.00 e. The van der Waals surface area contributed by atoms with E-state index >= 15 is 0 Å². The monoisotopic (exact) mass is 1320 g/mol. The summed E-state index contributed by atoms with van der Waals surface area (Å²) in [4.78, 5) is 100. The fourth-order valence-corrected chi connectivity index (χ4v) is 8.71. The topological polar surface area (TPSA) is 275 Å². The first-order chi connectivity index (χ1) is 41.7. The number of likely N-dealkylation sites (tertiary alicyclic amines) is 2. The van der Waals surface area contributed by atoms with Crippen molar-refractivity contribution in [3.05, 3.63) is 72.1 Å². The molecule has 0 aliphatic carbocycles. The number of carbonyl (C=O) groups is 6. The molecule has 0 unspecified atom stereocenters. The molecule has 4 heterocycles. The summed E-state index contributed by atoms with van der Waals surface area (Å²) < 4.78 is 63.1. The van der Waals surface area contributed by atoms with Crippen LogP contribution < -0.4 is 148 Å². The van der Waals surface area contributed by atoms with E-state index in [-0.39, 0.29) is 155 Å². The van der Waals surface area contributed by atoms with Crippen LogP contribution in [0.2, 0.25) is 0 Å². The number of hydrogen-bond acceptors (Lipinski definition) is 21. The third-order valence-electron chi connectivity index (χ3n) is 12.9. The third kappa shape index (κ3) is 28.1. The number of ether oxygens (including phenoxy) is 4. The van der Waals surface area contributed by atoms with E-state index in [0.29, 0.717) is 72.0 Å². The van der Waals surface area contributed by atoms with Crippen LogP contribution in [-0.4, -0.2) is 161 Å². The maximum atomic E-state index is 13.6. The Balaban J connectivity index is 0.00000164. The number of amides is 3. The van der Waals surface area contributed by atoms with Crippen LogP contribution in [-0.2, 0) is 46.4 Å². The van der Waals surface area contributed by atoms with Gasteiger partial charge in [-0.3, -0.25) is 14.5 Å². The van der Waals surface area contributed by atoms with Crippen molar-refractivity contribution in [2.75, 3.05) is 96.1 Å². The zero-order chi connectivity index (χ0) is 65.2. The molecule has 29 heteroatoms. The van der Waals surface area contributed by atoms with Gasteiger partial charge in [0.1, 0.15) is 40.5 Å². The van der Waals surface area contributed by atoms with Crippen LogP contribution in [0.1, 0.15) is 115 Å². The molecule has 0 saturated carbocycles. The van der Waals surface area contributed by atoms with Gasteiger partial charge in [0, 0.05) is 65.2 Å². The Kier molecular flexibility index (Phi) is 37.5. The van der Waals surface area contributed by atoms with Crippen molar-refractivity contribution >= 4 is 71.4 Å². The van der Waals surface area contributed by atoms with E-state index in [1.54, 1.807) is 78.1 Å². The normalized spacial score (nSPS) is 13.0. The number of alkyl halides is 3. The molecule has 0 bridgehead atoms. The van der Waals surface area contributed by atoms with Crippen LogP contribution in [0.15, 0.2) is 60.9 Å². The van der Waals surface area contributed by atoms with Crippen molar-refractivity contribution in [2.24, 2.45) is 0 Å². The van der Waals surface area contributed by atoms with Crippen LogP contribution in [0.25, 0.3) is 0 Å². The molecule has 2 aromatic heterocycles. The third-order valence-corrected chi connectivity index (χ3v) is 12.9. The first kappa shape index (κ1) is 83.2. The molecule has 0 radical (unpaired) electrons. The van der Waals surface area contributed by atoms with Gasteiger partial charge < -0.3 is 66.1 Å². The summed E-state index contributed by atoms with van der Waals surface area (Å²) in [6.45, 7) is 22.8. The Morgan fingerprint density at radius 1 is 0.670 bits per heavy atom. The molecule has 2 aromatic carbocycles. The number of esters is 2. The molecule has 4 aromatic rings. The summed E-state index contributed by atoms with van der Waals surface area (Å²) in [7, 11) is 0. The summed E-state index contributed by atoms with van der Waals surface area (Å²) in [5.41, 5.74) is 0.132. The van der Waals surface area contributed by atoms with Gasteiger partial charge in [-0.25, -0.2) is 29.1 Å². The number of carbonyl (C=O) groups excluding carboxylic acids is 6. The molecule has 3 amide bonds. The smallest absolute Gasteiger partial charge is 1.00 e. The van der Waals surface area contributed by atoms with Crippen molar-refractivity contribution in [3.63, 3.8) is 0 Å². The van der Waals surface area contributed by atoms with E-state index in [1.165, 1.54) is 0 Å². The first-order valence-corrected chi connectivity index (χ1v) is 28.8. The fourth-order valence-electron chi connectivity index (χ4n) is 8.71. The molecule has 2 saturated heterocycles. The van der Waals surface area contributed by atoms with Gasteiger partial charge in [-0.15, -0.1) is 12.8 Å². The zero-order valence-corrected chi connectivity index (χ0v) is 59.8. The summed E-state index contributed by atoms with van der Waals surface area (Å²) in [6, 6.07) is 11.7. The molecule has 488 valence electrons. The van der Waals surface area contributed by atoms with Gasteiger partial charge in [0.25, 0.3) is 6.47 Å². The molecule has 2 aliphatic rings. The predicted octanol–water partition coefficient (Wildman–Crippen LogP) is 2.33. The number of anilines is 6. The Bertz CT molecular complexity index is 3020. The van der Waals surface area contributed by atoms with Gasteiger partial charge in [-0.05, 0) is 130 Å². The van der Waals surface area contributed by atoms with Crippen molar-refractivity contribution < 1.29 is 175 Å². The Morgan fingerprint density at radius 3 is 1.41 bits per heavy atom. The maximum absolute atomic E-state index is 13.6. The standard InChI is InChI=1S/C31H39F3N6O5.C29H40N6O4.CH2O3.CH4.2K.H/c1-7-16-40(27(42)31(32,33)34)24-20-35-28(38(8-2)9-3)37-25(24)36-23(26(41)45-30(4,5)6)19-21-12-14-22(15-13-21)44-29(43)39-17-10-11-18-39;1-7-16-30-24-20-31-27(34(8-2)9-3)33-25(24)32-23(26(36)39-29(4,5)6)19-21-12-14-22(15-13-21)38-28(37)35-17-10-11-18-35;2-1-4-3;;;;/h1,12-15,20,23H,8-11,16-19H2,2-6H3,(H,35,36,37);1,12-15,20,23,30H,8-11,16-19H2,2-6H3,(H,31,32,33);1,3H;1H4;;;/q;;;;2*+1;-1/p-1/t2*23-;;;;;/m00...../s1. The van der Waals surface area contributed by atoms with Crippen molar-refractivity contribution in [2.45, 2.75) is 145 Å². The largest absolute Gasteiger partial charge is 1.00 e. The number of hydrogen-bond donors (Lipinski definition) is 3. The number of nitrogens with one attached hydrogen (secondary N) is 3. The SMILES string of the molecule is C.C#CCN(C(=O)C(F)(F)F)c1cnc(N(CC)CC)nc1N[C@@H](Cc1ccc(OC(=O)N2CCCC2)cc1)C(=O)OC(C)(C)C.C#CCNc1cnc(N(CC)CC)nc1N[C@@H](Cc1ccc(OC(=O)N2CCCC2)cc1)C(=O)OC(C)(C)C.O=CO[O-].[H-].[K+].[K+]. The van der Waals surface area contributed by atoms with Crippen LogP contribution in [0, 0.1) is 24.7 Å². The Morgan fingerprint density at radius 2 is 1.05 bits per heavy atom. The molecule has 6 rings (SSSR count). The molecule has 2 atom stereocenters. The summed E-state index contributed by atoms with van der Waals surface area (Å²) >= 11 is 0. The summed E-state index contributed by atoms with van der Waals surface area (Å²) in [5.74, 6) is 2.99. The Hall–Kier alpha value is -5.84. The molecule has 24 nitrogen and oxygen atoms in total. The number of terminal acetylenes is 2. The number of aromatic nitrogens is 4. The second-order valence-corrected chi connectivity index (χ2v) is 21.8. The van der Waals surface area contributed by atoms with Crippen molar-refractivity contribution in [1.82, 2.24) is 29.7 Å². The van der Waals surface area contributed by atoms with E-state index in [2.05, 4.69) is 47.6 Å². The molecular formula is C62H85F3K2N12O12. The minimum atomic E-state index is -5.24. The van der Waals surface area contributed by atoms with Gasteiger partial charge in [0.05, 0.1) is 31.2 Å². The van der Waals surface area contributed by atoms with Gasteiger partial charge in [-0.1, -0.05) is 43.5 Å². The number of nitrogens with zero attached hydrogens (tertiary/aromatic N) is 9. The second-order valence-electron chi connectivity index (χ2n) is 21.8. The average molecular weight is 1330 g/mol. The first-order valence-electron chi connectivity index (χ1n) is 28.8. The van der Waals surface area contributed by atoms with Crippen LogP contribution in [0.5, 0.6) is 11.5 Å². The molecule has 3 N–H and O–H groups in total. The van der Waals surface area contributed by atoms with E-state index in [4.69, 9.17) is 46.8 Å². The number of benzene rings is 2. The maximum Gasteiger partial charge on any atom is 1.00 e. The fraction of sp³-hybridized carbons (Fsp3) is 0.516. The van der Waals surface area contributed by atoms with E-state index in [9.17, 15) is 37.1 Å². The molecule has 2 aliphatic heterocycles. The summed E-state index contributed by atoms with van der Waals surface area (Å²) in [5, 5.41) is 17.8. The van der Waals surface area contributed by atoms with Crippen LogP contribution >= 0.6 is 0 Å². The minimum absolute atomic E-state index is 0. The average Bonchev–Trinajstić information content (AvgIpc) is 2.12. The van der Waals surface area contributed by atoms with Gasteiger partial charge >= 0.3 is 139 Å².